The highest BCUT2D eigenvalue weighted by atomic mass is 32.2. The highest BCUT2D eigenvalue weighted by Gasteiger charge is 2.65. The molecule has 1 fully saturated rings. The van der Waals surface area contributed by atoms with Crippen molar-refractivity contribution in [3.63, 3.8) is 0 Å². The fourth-order valence-corrected chi connectivity index (χ4v) is 3.56. The standard InChI is InChI=1S/C17H23F7O7S/c1-10(9-30-8-7-15(18,19)17(23,24)32(27,28)29)13(25)31-12(11-5-3-4-6-11)14(2,26)16(20,21)22/h11-12,26H,1,3-9H2,2H3,(H,27,28,29). The zero-order valence-corrected chi connectivity index (χ0v) is 17.6. The first-order valence-electron chi connectivity index (χ1n) is 9.24. The van der Waals surface area contributed by atoms with Gasteiger partial charge in [-0.15, -0.1) is 0 Å². The maximum Gasteiger partial charge on any atom is 0.431 e. The molecule has 0 spiro atoms. The van der Waals surface area contributed by atoms with E-state index in [0.717, 1.165) is 0 Å². The summed E-state index contributed by atoms with van der Waals surface area (Å²) in [7, 11) is -6.42. The zero-order chi connectivity index (χ0) is 25.2. The molecule has 0 amide bonds. The van der Waals surface area contributed by atoms with Gasteiger partial charge in [0, 0.05) is 6.42 Å². The Labute approximate surface area is 179 Å². The normalized spacial score (nSPS) is 19.4. The Morgan fingerprint density at radius 1 is 1.12 bits per heavy atom. The van der Waals surface area contributed by atoms with Crippen LogP contribution < -0.4 is 0 Å². The van der Waals surface area contributed by atoms with Crippen LogP contribution >= 0.6 is 0 Å². The van der Waals surface area contributed by atoms with Crippen molar-refractivity contribution >= 4 is 16.1 Å². The second-order valence-corrected chi connectivity index (χ2v) is 9.08. The van der Waals surface area contributed by atoms with Crippen molar-refractivity contribution in [2.24, 2.45) is 5.92 Å². The van der Waals surface area contributed by atoms with Crippen LogP contribution in [0.2, 0.25) is 0 Å². The van der Waals surface area contributed by atoms with Crippen LogP contribution in [0.25, 0.3) is 0 Å². The lowest BCUT2D eigenvalue weighted by Gasteiger charge is -2.37. The van der Waals surface area contributed by atoms with E-state index in [2.05, 4.69) is 11.3 Å². The molecule has 0 aromatic heterocycles. The maximum atomic E-state index is 13.4. The van der Waals surface area contributed by atoms with Gasteiger partial charge in [-0.3, -0.25) is 4.55 Å². The molecule has 1 rings (SSSR count). The molecule has 2 atom stereocenters. The second-order valence-electron chi connectivity index (χ2n) is 7.62. The monoisotopic (exact) mass is 504 g/mol. The first kappa shape index (κ1) is 28.6. The number of carbonyl (C=O) groups excluding carboxylic acids is 1. The number of halogens is 7. The molecular weight excluding hydrogens is 481 g/mol. The van der Waals surface area contributed by atoms with E-state index in [1.807, 2.05) is 0 Å². The van der Waals surface area contributed by atoms with Gasteiger partial charge in [0.2, 0.25) is 0 Å². The molecule has 0 aromatic rings. The van der Waals surface area contributed by atoms with Gasteiger partial charge in [-0.1, -0.05) is 19.4 Å². The minimum Gasteiger partial charge on any atom is -0.455 e. The van der Waals surface area contributed by atoms with Crippen LogP contribution in [0.3, 0.4) is 0 Å². The Morgan fingerprint density at radius 3 is 2.06 bits per heavy atom. The predicted molar refractivity (Wildman–Crippen MR) is 94.5 cm³/mol. The van der Waals surface area contributed by atoms with Gasteiger partial charge in [0.25, 0.3) is 0 Å². The summed E-state index contributed by atoms with van der Waals surface area (Å²) in [5.41, 5.74) is -4.04. The molecule has 0 bridgehead atoms. The molecular formula is C17H23F7O7S. The summed E-state index contributed by atoms with van der Waals surface area (Å²) in [6.07, 6.45) is -7.38. The van der Waals surface area contributed by atoms with Gasteiger partial charge in [0.05, 0.1) is 18.8 Å². The topological polar surface area (TPSA) is 110 Å². The Kier molecular flexibility index (Phi) is 8.76. The molecule has 15 heteroatoms. The molecule has 0 heterocycles. The van der Waals surface area contributed by atoms with Crippen molar-refractivity contribution in [3.05, 3.63) is 12.2 Å². The number of ether oxygens (including phenoxy) is 2. The minimum atomic E-state index is -6.42. The number of hydrogen-bond acceptors (Lipinski definition) is 6. The number of rotatable bonds is 11. The summed E-state index contributed by atoms with van der Waals surface area (Å²) in [4.78, 5) is 12.1. The summed E-state index contributed by atoms with van der Waals surface area (Å²) >= 11 is 0. The number of alkyl halides is 7. The van der Waals surface area contributed by atoms with E-state index < -0.39 is 76.3 Å². The summed E-state index contributed by atoms with van der Waals surface area (Å²) in [6, 6.07) is 0. The molecule has 0 aromatic carbocycles. The number of carbonyl (C=O) groups is 1. The summed E-state index contributed by atoms with van der Waals surface area (Å²) in [5.74, 6) is -7.45. The van der Waals surface area contributed by atoms with Crippen LogP contribution in [0, 0.1) is 5.92 Å². The van der Waals surface area contributed by atoms with E-state index in [9.17, 15) is 49.1 Å². The first-order chi connectivity index (χ1) is 14.3. The van der Waals surface area contributed by atoms with Gasteiger partial charge in [-0.2, -0.15) is 39.2 Å². The molecule has 2 unspecified atom stereocenters. The minimum absolute atomic E-state index is 0.254. The highest BCUT2D eigenvalue weighted by Crippen LogP contribution is 2.42. The SMILES string of the molecule is C=C(COCCC(F)(F)C(F)(F)S(=O)(=O)O)C(=O)OC(C1CCCC1)C(C)(O)C(F)(F)F. The molecule has 1 aliphatic carbocycles. The molecule has 32 heavy (non-hydrogen) atoms. The Hall–Kier alpha value is -1.45. The van der Waals surface area contributed by atoms with E-state index in [0.29, 0.717) is 19.8 Å². The number of hydrogen-bond donors (Lipinski definition) is 2. The molecule has 0 radical (unpaired) electrons. The van der Waals surface area contributed by atoms with Crippen LogP contribution in [0.5, 0.6) is 0 Å². The molecule has 7 nitrogen and oxygen atoms in total. The summed E-state index contributed by atoms with van der Waals surface area (Å²) < 4.78 is 131. The third-order valence-corrected chi connectivity index (χ3v) is 6.01. The van der Waals surface area contributed by atoms with Crippen LogP contribution in [-0.4, -0.2) is 66.3 Å². The van der Waals surface area contributed by atoms with E-state index in [1.54, 1.807) is 0 Å². The van der Waals surface area contributed by atoms with Gasteiger partial charge in [0.1, 0.15) is 6.10 Å². The Balaban J connectivity index is 2.72. The largest absolute Gasteiger partial charge is 0.455 e. The van der Waals surface area contributed by atoms with Crippen molar-refractivity contribution in [1.82, 2.24) is 0 Å². The van der Waals surface area contributed by atoms with Gasteiger partial charge in [-0.05, 0) is 25.7 Å². The average molecular weight is 504 g/mol. The number of esters is 1. The third kappa shape index (κ3) is 6.32. The maximum absolute atomic E-state index is 13.4. The first-order valence-corrected chi connectivity index (χ1v) is 10.7. The van der Waals surface area contributed by atoms with Crippen molar-refractivity contribution < 1.29 is 63.1 Å². The van der Waals surface area contributed by atoms with E-state index >= 15 is 0 Å². The average Bonchev–Trinajstić information content (AvgIpc) is 3.14. The van der Waals surface area contributed by atoms with Gasteiger partial charge >= 0.3 is 33.4 Å². The lowest BCUT2D eigenvalue weighted by Crippen LogP contribution is -2.56. The van der Waals surface area contributed by atoms with Crippen molar-refractivity contribution in [2.45, 2.75) is 68.1 Å². The lowest BCUT2D eigenvalue weighted by molar-refractivity contribution is -0.291. The zero-order valence-electron chi connectivity index (χ0n) is 16.8. The van der Waals surface area contributed by atoms with E-state index in [4.69, 9.17) is 9.29 Å². The molecule has 0 saturated heterocycles. The van der Waals surface area contributed by atoms with Crippen LogP contribution in [0.4, 0.5) is 30.7 Å². The molecule has 2 N–H and O–H groups in total. The fourth-order valence-electron chi connectivity index (χ4n) is 3.08. The quantitative estimate of drug-likeness (QED) is 0.146. The highest BCUT2D eigenvalue weighted by molar-refractivity contribution is 7.87. The van der Waals surface area contributed by atoms with Gasteiger partial charge < -0.3 is 14.6 Å². The number of aliphatic hydroxyl groups is 1. The Morgan fingerprint density at radius 2 is 1.62 bits per heavy atom. The van der Waals surface area contributed by atoms with Crippen LogP contribution in [0.15, 0.2) is 12.2 Å². The Bertz CT molecular complexity index is 788. The van der Waals surface area contributed by atoms with Crippen LogP contribution in [-0.2, 0) is 24.4 Å². The van der Waals surface area contributed by atoms with Crippen molar-refractivity contribution in [1.29, 1.82) is 0 Å². The van der Waals surface area contributed by atoms with Crippen LogP contribution in [0.1, 0.15) is 39.0 Å². The smallest absolute Gasteiger partial charge is 0.431 e. The van der Waals surface area contributed by atoms with Crippen molar-refractivity contribution in [3.8, 4) is 0 Å². The van der Waals surface area contributed by atoms with E-state index in [-0.39, 0.29) is 12.8 Å². The van der Waals surface area contributed by atoms with Crippen molar-refractivity contribution in [2.75, 3.05) is 13.2 Å². The predicted octanol–water partition coefficient (Wildman–Crippen LogP) is 3.48. The second kappa shape index (κ2) is 9.81. The van der Waals surface area contributed by atoms with Gasteiger partial charge in [-0.25, -0.2) is 4.79 Å². The summed E-state index contributed by atoms with van der Waals surface area (Å²) in [6.45, 7) is 1.47. The lowest BCUT2D eigenvalue weighted by atomic mass is 9.86. The molecule has 1 aliphatic rings. The summed E-state index contributed by atoms with van der Waals surface area (Å²) in [5, 5.41) is 4.17. The third-order valence-electron chi connectivity index (χ3n) is 5.07. The van der Waals surface area contributed by atoms with E-state index in [1.165, 1.54) is 0 Å². The van der Waals surface area contributed by atoms with Gasteiger partial charge in [0.15, 0.2) is 5.60 Å². The molecule has 1 saturated carbocycles. The molecule has 0 aliphatic heterocycles. The fraction of sp³-hybridized carbons (Fsp3) is 0.824. The molecule has 188 valence electrons.